The minimum absolute atomic E-state index is 0.103. The maximum Gasteiger partial charge on any atom is 0.308 e. The summed E-state index contributed by atoms with van der Waals surface area (Å²) in [5.41, 5.74) is 1.44. The predicted molar refractivity (Wildman–Crippen MR) is 69.0 cm³/mol. The van der Waals surface area contributed by atoms with Gasteiger partial charge in [-0.25, -0.2) is 0 Å². The van der Waals surface area contributed by atoms with Gasteiger partial charge in [-0.3, -0.25) is 14.3 Å². The molecular formula is C12H16ClN3O3. The lowest BCUT2D eigenvalue weighted by Gasteiger charge is -2.16. The van der Waals surface area contributed by atoms with Crippen molar-refractivity contribution in [1.82, 2.24) is 14.7 Å². The largest absolute Gasteiger partial charge is 0.481 e. The molecule has 104 valence electrons. The van der Waals surface area contributed by atoms with Gasteiger partial charge in [-0.2, -0.15) is 5.10 Å². The molecule has 0 aromatic carbocycles. The summed E-state index contributed by atoms with van der Waals surface area (Å²) in [5, 5.41) is 13.7. The van der Waals surface area contributed by atoms with Gasteiger partial charge in [0.1, 0.15) is 6.54 Å². The van der Waals surface area contributed by atoms with Crippen molar-refractivity contribution >= 4 is 23.5 Å². The highest BCUT2D eigenvalue weighted by Crippen LogP contribution is 2.20. The Morgan fingerprint density at radius 3 is 2.63 bits per heavy atom. The Bertz CT molecular complexity index is 527. The second kappa shape index (κ2) is 5.21. The second-order valence-electron chi connectivity index (χ2n) is 4.81. The normalized spacial score (nSPS) is 18.9. The smallest absolute Gasteiger partial charge is 0.308 e. The molecule has 19 heavy (non-hydrogen) atoms. The Morgan fingerprint density at radius 2 is 2.16 bits per heavy atom. The predicted octanol–water partition coefficient (Wildman–Crippen LogP) is 1.09. The van der Waals surface area contributed by atoms with Crippen LogP contribution in [0.3, 0.4) is 0 Å². The zero-order valence-electron chi connectivity index (χ0n) is 10.9. The van der Waals surface area contributed by atoms with Gasteiger partial charge in [0.2, 0.25) is 5.91 Å². The van der Waals surface area contributed by atoms with E-state index in [2.05, 4.69) is 5.10 Å². The first kappa shape index (κ1) is 13.9. The van der Waals surface area contributed by atoms with Gasteiger partial charge < -0.3 is 10.0 Å². The molecule has 1 atom stereocenters. The molecule has 0 aliphatic carbocycles. The zero-order chi connectivity index (χ0) is 14.2. The Hall–Kier alpha value is -1.56. The third-order valence-electron chi connectivity index (χ3n) is 3.47. The minimum atomic E-state index is -0.843. The highest BCUT2D eigenvalue weighted by molar-refractivity contribution is 6.31. The quantitative estimate of drug-likeness (QED) is 0.902. The molecular weight excluding hydrogens is 270 g/mol. The van der Waals surface area contributed by atoms with Gasteiger partial charge in [0.05, 0.1) is 22.3 Å². The van der Waals surface area contributed by atoms with Crippen molar-refractivity contribution in [3.63, 3.8) is 0 Å². The minimum Gasteiger partial charge on any atom is -0.481 e. The lowest BCUT2D eigenvalue weighted by molar-refractivity contribution is -0.141. The van der Waals surface area contributed by atoms with E-state index in [1.165, 1.54) is 0 Å². The number of aryl methyl sites for hydroxylation is 1. The molecule has 1 amide bonds. The number of aliphatic carboxylic acids is 1. The standard InChI is InChI=1S/C12H16ClN3O3/c1-7-11(13)8(2)16(14-7)6-10(17)15-4-3-9(5-15)12(18)19/h9H,3-6H2,1-2H3,(H,18,19)/t9-/m0/s1. The molecule has 2 heterocycles. The van der Waals surface area contributed by atoms with Crippen molar-refractivity contribution in [2.24, 2.45) is 5.92 Å². The lowest BCUT2D eigenvalue weighted by atomic mass is 10.1. The van der Waals surface area contributed by atoms with E-state index in [0.717, 1.165) is 5.69 Å². The fourth-order valence-electron chi connectivity index (χ4n) is 2.25. The number of carbonyl (C=O) groups excluding carboxylic acids is 1. The van der Waals surface area contributed by atoms with Crippen molar-refractivity contribution in [3.8, 4) is 0 Å². The average molecular weight is 286 g/mol. The molecule has 1 aliphatic rings. The highest BCUT2D eigenvalue weighted by atomic mass is 35.5. The molecule has 1 saturated heterocycles. The molecule has 1 aromatic rings. The van der Waals surface area contributed by atoms with Crippen LogP contribution in [-0.2, 0) is 16.1 Å². The van der Waals surface area contributed by atoms with E-state index in [1.807, 2.05) is 0 Å². The monoisotopic (exact) mass is 285 g/mol. The fraction of sp³-hybridized carbons (Fsp3) is 0.583. The topological polar surface area (TPSA) is 75.4 Å². The van der Waals surface area contributed by atoms with Crippen molar-refractivity contribution < 1.29 is 14.7 Å². The number of hydrogen-bond donors (Lipinski definition) is 1. The molecule has 0 radical (unpaired) electrons. The van der Waals surface area contributed by atoms with Crippen LogP contribution in [0.5, 0.6) is 0 Å². The van der Waals surface area contributed by atoms with E-state index in [1.54, 1.807) is 23.4 Å². The third-order valence-corrected chi connectivity index (χ3v) is 4.02. The molecule has 6 nitrogen and oxygen atoms in total. The van der Waals surface area contributed by atoms with Gasteiger partial charge in [-0.1, -0.05) is 11.6 Å². The first-order valence-corrected chi connectivity index (χ1v) is 6.48. The SMILES string of the molecule is Cc1nn(CC(=O)N2CC[C@H](C(=O)O)C2)c(C)c1Cl. The van der Waals surface area contributed by atoms with Gasteiger partial charge in [0.15, 0.2) is 0 Å². The van der Waals surface area contributed by atoms with Gasteiger partial charge in [0, 0.05) is 13.1 Å². The van der Waals surface area contributed by atoms with Gasteiger partial charge in [-0.15, -0.1) is 0 Å². The number of halogens is 1. The number of hydrogen-bond acceptors (Lipinski definition) is 3. The van der Waals surface area contributed by atoms with Gasteiger partial charge in [-0.05, 0) is 20.3 Å². The summed E-state index contributed by atoms with van der Waals surface area (Å²) in [6, 6.07) is 0. The number of rotatable bonds is 3. The Morgan fingerprint density at radius 1 is 1.47 bits per heavy atom. The van der Waals surface area contributed by atoms with Crippen molar-refractivity contribution in [2.45, 2.75) is 26.8 Å². The third kappa shape index (κ3) is 2.73. The van der Waals surface area contributed by atoms with E-state index < -0.39 is 11.9 Å². The maximum atomic E-state index is 12.1. The van der Waals surface area contributed by atoms with E-state index in [-0.39, 0.29) is 19.0 Å². The number of amides is 1. The second-order valence-corrected chi connectivity index (χ2v) is 5.18. The van der Waals surface area contributed by atoms with Crippen LogP contribution in [0.2, 0.25) is 5.02 Å². The van der Waals surface area contributed by atoms with E-state index in [9.17, 15) is 9.59 Å². The lowest BCUT2D eigenvalue weighted by Crippen LogP contribution is -2.33. The average Bonchev–Trinajstić information content (AvgIpc) is 2.92. The molecule has 1 aliphatic heterocycles. The highest BCUT2D eigenvalue weighted by Gasteiger charge is 2.31. The van der Waals surface area contributed by atoms with Crippen LogP contribution in [-0.4, -0.2) is 44.8 Å². The van der Waals surface area contributed by atoms with Gasteiger partial charge >= 0.3 is 5.97 Å². The Balaban J connectivity index is 2.02. The zero-order valence-corrected chi connectivity index (χ0v) is 11.6. The summed E-state index contributed by atoms with van der Waals surface area (Å²) in [6.07, 6.45) is 0.513. The summed E-state index contributed by atoms with van der Waals surface area (Å²) in [7, 11) is 0. The van der Waals surface area contributed by atoms with Crippen molar-refractivity contribution in [1.29, 1.82) is 0 Å². The molecule has 1 aromatic heterocycles. The molecule has 1 fully saturated rings. The van der Waals surface area contributed by atoms with Crippen LogP contribution in [0, 0.1) is 19.8 Å². The summed E-state index contributed by atoms with van der Waals surface area (Å²) < 4.78 is 1.56. The summed E-state index contributed by atoms with van der Waals surface area (Å²) in [6.45, 7) is 4.46. The van der Waals surface area contributed by atoms with Crippen molar-refractivity contribution in [3.05, 3.63) is 16.4 Å². The number of likely N-dealkylation sites (tertiary alicyclic amines) is 1. The molecule has 2 rings (SSSR count). The van der Waals surface area contributed by atoms with Crippen LogP contribution in [0.15, 0.2) is 0 Å². The van der Waals surface area contributed by atoms with Crippen LogP contribution >= 0.6 is 11.6 Å². The van der Waals surface area contributed by atoms with E-state index >= 15 is 0 Å². The number of aromatic nitrogens is 2. The number of carboxylic acid groups (broad SMARTS) is 1. The molecule has 0 bridgehead atoms. The van der Waals surface area contributed by atoms with Crippen LogP contribution in [0.25, 0.3) is 0 Å². The van der Waals surface area contributed by atoms with E-state index in [0.29, 0.717) is 23.7 Å². The molecule has 1 N–H and O–H groups in total. The first-order valence-electron chi connectivity index (χ1n) is 6.10. The van der Waals surface area contributed by atoms with Crippen molar-refractivity contribution in [2.75, 3.05) is 13.1 Å². The van der Waals surface area contributed by atoms with Crippen LogP contribution < -0.4 is 0 Å². The summed E-state index contributed by atoms with van der Waals surface area (Å²) >= 11 is 6.02. The summed E-state index contributed by atoms with van der Waals surface area (Å²) in [4.78, 5) is 24.5. The first-order chi connectivity index (χ1) is 8.90. The Labute approximate surface area is 115 Å². The number of carboxylic acids is 1. The van der Waals surface area contributed by atoms with E-state index in [4.69, 9.17) is 16.7 Å². The van der Waals surface area contributed by atoms with Crippen LogP contribution in [0.4, 0.5) is 0 Å². The molecule has 0 saturated carbocycles. The van der Waals surface area contributed by atoms with Crippen LogP contribution in [0.1, 0.15) is 17.8 Å². The summed E-state index contributed by atoms with van der Waals surface area (Å²) in [5.74, 6) is -1.41. The Kier molecular flexibility index (Phi) is 3.80. The number of carbonyl (C=O) groups is 2. The van der Waals surface area contributed by atoms with Gasteiger partial charge in [0.25, 0.3) is 0 Å². The number of nitrogens with zero attached hydrogens (tertiary/aromatic N) is 3. The molecule has 7 heteroatoms. The maximum absolute atomic E-state index is 12.1. The molecule has 0 spiro atoms. The molecule has 0 unspecified atom stereocenters. The fourth-order valence-corrected chi connectivity index (χ4v) is 2.38.